The van der Waals surface area contributed by atoms with E-state index < -0.39 is 5.60 Å². The number of terminal acetylenes is 1. The summed E-state index contributed by atoms with van der Waals surface area (Å²) in [6, 6.07) is 31.2. The summed E-state index contributed by atoms with van der Waals surface area (Å²) in [5, 5.41) is 0. The highest BCUT2D eigenvalue weighted by atomic mass is 16.5. The summed E-state index contributed by atoms with van der Waals surface area (Å²) in [7, 11) is 0. The van der Waals surface area contributed by atoms with E-state index in [0.29, 0.717) is 0 Å². The fourth-order valence-corrected chi connectivity index (χ4v) is 3.69. The zero-order chi connectivity index (χ0) is 19.7. The zero-order valence-electron chi connectivity index (χ0n) is 16.6. The lowest BCUT2D eigenvalue weighted by Crippen LogP contribution is -2.36. The number of hydrogen-bond donors (Lipinski definition) is 0. The topological polar surface area (TPSA) is 9.23 Å². The molecule has 142 valence electrons. The van der Waals surface area contributed by atoms with Gasteiger partial charge < -0.3 is 4.74 Å². The maximum atomic E-state index is 6.86. The van der Waals surface area contributed by atoms with Crippen molar-refractivity contribution in [3.8, 4) is 12.3 Å². The van der Waals surface area contributed by atoms with Crippen molar-refractivity contribution in [2.24, 2.45) is 0 Å². The molecule has 0 saturated heterocycles. The first kappa shape index (κ1) is 19.9. The Morgan fingerprint density at radius 1 is 0.750 bits per heavy atom. The molecule has 0 bridgehead atoms. The predicted octanol–water partition coefficient (Wildman–Crippen LogP) is 6.58. The van der Waals surface area contributed by atoms with Gasteiger partial charge in [-0.05, 0) is 29.5 Å². The van der Waals surface area contributed by atoms with Gasteiger partial charge in [0, 0.05) is 0 Å². The molecule has 1 unspecified atom stereocenters. The van der Waals surface area contributed by atoms with Gasteiger partial charge in [0.2, 0.25) is 0 Å². The van der Waals surface area contributed by atoms with E-state index in [9.17, 15) is 0 Å². The van der Waals surface area contributed by atoms with Crippen LogP contribution >= 0.6 is 0 Å². The van der Waals surface area contributed by atoms with Gasteiger partial charge in [-0.2, -0.15) is 0 Å². The maximum Gasteiger partial charge on any atom is 0.145 e. The van der Waals surface area contributed by atoms with Crippen molar-refractivity contribution in [2.75, 3.05) is 0 Å². The van der Waals surface area contributed by atoms with Crippen LogP contribution in [0.3, 0.4) is 0 Å². The predicted molar refractivity (Wildman–Crippen MR) is 117 cm³/mol. The van der Waals surface area contributed by atoms with Gasteiger partial charge in [0.1, 0.15) is 11.7 Å². The lowest BCUT2D eigenvalue weighted by Gasteiger charge is -2.38. The monoisotopic (exact) mass is 368 g/mol. The number of rotatable bonds is 9. The van der Waals surface area contributed by atoms with Crippen LogP contribution in [-0.4, -0.2) is 6.10 Å². The van der Waals surface area contributed by atoms with Crippen molar-refractivity contribution in [1.82, 2.24) is 0 Å². The molecule has 1 heteroatoms. The van der Waals surface area contributed by atoms with Crippen LogP contribution in [0.1, 0.15) is 49.3 Å². The van der Waals surface area contributed by atoms with Crippen molar-refractivity contribution in [3.63, 3.8) is 0 Å². The van der Waals surface area contributed by atoms with Crippen LogP contribution in [0.15, 0.2) is 91.0 Å². The van der Waals surface area contributed by atoms with E-state index in [2.05, 4.69) is 85.6 Å². The summed E-state index contributed by atoms with van der Waals surface area (Å²) < 4.78 is 6.86. The van der Waals surface area contributed by atoms with E-state index in [1.807, 2.05) is 18.2 Å². The van der Waals surface area contributed by atoms with Crippen molar-refractivity contribution in [2.45, 2.75) is 44.3 Å². The SMILES string of the molecule is C#CC(CCCCC)OC(c1ccccc1)(c1ccccc1)c1ccccc1. The third-order valence-electron chi connectivity index (χ3n) is 5.12. The summed E-state index contributed by atoms with van der Waals surface area (Å²) >= 11 is 0. The molecule has 3 rings (SSSR count). The fraction of sp³-hybridized carbons (Fsp3) is 0.259. The normalized spacial score (nSPS) is 12.3. The molecule has 1 atom stereocenters. The average Bonchev–Trinajstić information content (AvgIpc) is 2.78. The van der Waals surface area contributed by atoms with Crippen LogP contribution in [0.4, 0.5) is 0 Å². The Balaban J connectivity index is 2.15. The maximum absolute atomic E-state index is 6.86. The van der Waals surface area contributed by atoms with Crippen molar-refractivity contribution < 1.29 is 4.74 Å². The molecular formula is C27H28O. The van der Waals surface area contributed by atoms with E-state index in [1.165, 1.54) is 6.42 Å². The van der Waals surface area contributed by atoms with Gasteiger partial charge in [0.05, 0.1) is 0 Å². The van der Waals surface area contributed by atoms with E-state index >= 15 is 0 Å². The van der Waals surface area contributed by atoms with Crippen molar-refractivity contribution >= 4 is 0 Å². The number of ether oxygens (including phenoxy) is 1. The van der Waals surface area contributed by atoms with Gasteiger partial charge in [0.25, 0.3) is 0 Å². The average molecular weight is 369 g/mol. The van der Waals surface area contributed by atoms with E-state index in [-0.39, 0.29) is 6.10 Å². The molecule has 0 aliphatic rings. The molecule has 3 aromatic carbocycles. The highest BCUT2D eigenvalue weighted by Gasteiger charge is 2.39. The molecule has 0 fully saturated rings. The summed E-state index contributed by atoms with van der Waals surface area (Å²) in [4.78, 5) is 0. The van der Waals surface area contributed by atoms with Gasteiger partial charge in [-0.3, -0.25) is 0 Å². The second-order valence-electron chi connectivity index (χ2n) is 7.05. The highest BCUT2D eigenvalue weighted by molar-refractivity contribution is 5.47. The molecule has 1 nitrogen and oxygen atoms in total. The number of unbranched alkanes of at least 4 members (excludes halogenated alkanes) is 2. The number of benzene rings is 3. The van der Waals surface area contributed by atoms with E-state index in [1.54, 1.807) is 0 Å². The molecule has 0 aromatic heterocycles. The summed E-state index contributed by atoms with van der Waals surface area (Å²) in [5.41, 5.74) is 2.52. The Morgan fingerprint density at radius 2 is 1.18 bits per heavy atom. The molecule has 3 aromatic rings. The molecule has 0 saturated carbocycles. The summed E-state index contributed by atoms with van der Waals surface area (Å²) in [5.74, 6) is 2.90. The minimum atomic E-state index is -0.743. The van der Waals surface area contributed by atoms with Crippen LogP contribution in [0.2, 0.25) is 0 Å². The smallest absolute Gasteiger partial charge is 0.145 e. The Bertz CT molecular complexity index is 766. The first-order valence-electron chi connectivity index (χ1n) is 10.1. The van der Waals surface area contributed by atoms with Crippen LogP contribution in [0.5, 0.6) is 0 Å². The van der Waals surface area contributed by atoms with Gasteiger partial charge in [-0.1, -0.05) is 117 Å². The first-order valence-corrected chi connectivity index (χ1v) is 10.1. The van der Waals surface area contributed by atoms with Crippen molar-refractivity contribution in [3.05, 3.63) is 108 Å². The molecule has 0 aliphatic carbocycles. The van der Waals surface area contributed by atoms with Gasteiger partial charge in [-0.15, -0.1) is 6.42 Å². The zero-order valence-corrected chi connectivity index (χ0v) is 16.6. The molecule has 0 N–H and O–H groups in total. The largest absolute Gasteiger partial charge is 0.345 e. The van der Waals surface area contributed by atoms with Crippen molar-refractivity contribution in [1.29, 1.82) is 0 Å². The van der Waals surface area contributed by atoms with Gasteiger partial charge >= 0.3 is 0 Å². The minimum absolute atomic E-state index is 0.257. The molecular weight excluding hydrogens is 340 g/mol. The summed E-state index contributed by atoms with van der Waals surface area (Å²) in [6.45, 7) is 2.20. The quantitative estimate of drug-likeness (QED) is 0.235. The van der Waals surface area contributed by atoms with E-state index in [0.717, 1.165) is 36.0 Å². The van der Waals surface area contributed by atoms with Gasteiger partial charge in [0.15, 0.2) is 0 Å². The van der Waals surface area contributed by atoms with Crippen LogP contribution in [0, 0.1) is 12.3 Å². The Hall–Kier alpha value is -2.82. The van der Waals surface area contributed by atoms with Gasteiger partial charge in [-0.25, -0.2) is 0 Å². The highest BCUT2D eigenvalue weighted by Crippen LogP contribution is 2.41. The fourth-order valence-electron chi connectivity index (χ4n) is 3.69. The third-order valence-corrected chi connectivity index (χ3v) is 5.12. The Labute approximate surface area is 169 Å². The lowest BCUT2D eigenvalue weighted by atomic mass is 9.80. The first-order chi connectivity index (χ1) is 13.8. The molecule has 0 spiro atoms. The van der Waals surface area contributed by atoms with E-state index in [4.69, 9.17) is 11.2 Å². The molecule has 0 aliphatic heterocycles. The lowest BCUT2D eigenvalue weighted by molar-refractivity contribution is -0.0239. The molecule has 28 heavy (non-hydrogen) atoms. The summed E-state index contributed by atoms with van der Waals surface area (Å²) in [6.07, 6.45) is 9.92. The molecule has 0 heterocycles. The standard InChI is InChI=1S/C27H28O/c1-3-5-9-22-26(4-2)28-27(23-16-10-6-11-17-23,24-18-12-7-13-19-24)25-20-14-8-15-21-25/h2,6-8,10-21,26H,3,5,9,22H2,1H3. The molecule has 0 radical (unpaired) electrons. The minimum Gasteiger partial charge on any atom is -0.345 e. The number of hydrogen-bond acceptors (Lipinski definition) is 1. The second-order valence-corrected chi connectivity index (χ2v) is 7.05. The Kier molecular flexibility index (Phi) is 7.06. The van der Waals surface area contributed by atoms with Crippen LogP contribution in [-0.2, 0) is 10.3 Å². The van der Waals surface area contributed by atoms with Crippen LogP contribution < -0.4 is 0 Å². The second kappa shape index (κ2) is 9.93. The third kappa shape index (κ3) is 4.35. The Morgan fingerprint density at radius 3 is 1.54 bits per heavy atom. The molecule has 0 amide bonds. The van der Waals surface area contributed by atoms with Crippen LogP contribution in [0.25, 0.3) is 0 Å².